The van der Waals surface area contributed by atoms with Crippen LogP contribution >= 0.6 is 11.6 Å². The first-order valence-corrected chi connectivity index (χ1v) is 13.3. The highest BCUT2D eigenvalue weighted by atomic mass is 35.5. The molecule has 1 aliphatic heterocycles. The minimum Gasteiger partial charge on any atom is -0.484 e. The van der Waals surface area contributed by atoms with Gasteiger partial charge in [-0.1, -0.05) is 23.7 Å². The summed E-state index contributed by atoms with van der Waals surface area (Å²) in [4.78, 5) is 25.9. The Balaban J connectivity index is 1.57. The van der Waals surface area contributed by atoms with Gasteiger partial charge in [-0.05, 0) is 49.1 Å². The average Bonchev–Trinajstić information content (AvgIpc) is 3.51. The molecule has 0 spiro atoms. The molecule has 2 aromatic carbocycles. The number of aliphatic carboxylic acids is 1. The van der Waals surface area contributed by atoms with Crippen molar-refractivity contribution < 1.29 is 54.2 Å². The predicted octanol–water partition coefficient (Wildman–Crippen LogP) is 4.86. The number of halogens is 7. The van der Waals surface area contributed by atoms with Crippen LogP contribution in [-0.2, 0) is 31.0 Å². The lowest BCUT2D eigenvalue weighted by molar-refractivity contribution is -0.153. The molecule has 2 fully saturated rings. The molecule has 0 radical (unpaired) electrons. The third-order valence-corrected chi connectivity index (χ3v) is 9.40. The third-order valence-electron chi connectivity index (χ3n) is 6.78. The number of sulfone groups is 1. The van der Waals surface area contributed by atoms with Gasteiger partial charge in [0.1, 0.15) is 11.8 Å². The van der Waals surface area contributed by atoms with E-state index in [2.05, 4.69) is 4.74 Å². The second kappa shape index (κ2) is 9.88. The maximum Gasteiger partial charge on any atom is 0.422 e. The van der Waals surface area contributed by atoms with E-state index in [0.717, 1.165) is 47.4 Å². The van der Waals surface area contributed by atoms with Crippen molar-refractivity contribution in [3.05, 3.63) is 58.6 Å². The Morgan fingerprint density at radius 1 is 1.05 bits per heavy atom. The molecule has 1 N–H and O–H groups in total. The first-order chi connectivity index (χ1) is 18.0. The zero-order valence-electron chi connectivity index (χ0n) is 19.7. The molecular formula is C24H20ClF6NO6S. The van der Waals surface area contributed by atoms with Gasteiger partial charge in [-0.3, -0.25) is 4.79 Å². The van der Waals surface area contributed by atoms with E-state index < -0.39 is 85.8 Å². The number of ether oxygens (including phenoxy) is 1. The van der Waals surface area contributed by atoms with Gasteiger partial charge in [-0.15, -0.1) is 0 Å². The summed E-state index contributed by atoms with van der Waals surface area (Å²) in [6.07, 6.45) is -9.24. The van der Waals surface area contributed by atoms with Crippen molar-refractivity contribution >= 4 is 33.3 Å². The minimum absolute atomic E-state index is 0.239. The first-order valence-electron chi connectivity index (χ1n) is 11.4. The lowest BCUT2D eigenvalue weighted by Gasteiger charge is -2.27. The van der Waals surface area contributed by atoms with Crippen molar-refractivity contribution in [2.75, 3.05) is 13.2 Å². The highest BCUT2D eigenvalue weighted by molar-refractivity contribution is 7.92. The number of rotatable bonds is 7. The molecule has 2 atom stereocenters. The van der Waals surface area contributed by atoms with Crippen LogP contribution in [0, 0.1) is 0 Å². The Labute approximate surface area is 223 Å². The van der Waals surface area contributed by atoms with Gasteiger partial charge in [0.25, 0.3) is 0 Å². The van der Waals surface area contributed by atoms with E-state index >= 15 is 0 Å². The Bertz CT molecular complexity index is 1390. The van der Waals surface area contributed by atoms with E-state index in [9.17, 15) is 49.5 Å². The van der Waals surface area contributed by atoms with E-state index in [1.807, 2.05) is 0 Å². The summed E-state index contributed by atoms with van der Waals surface area (Å²) >= 11 is 6.03. The maximum absolute atomic E-state index is 13.5. The number of amides is 1. The zero-order valence-corrected chi connectivity index (χ0v) is 21.3. The summed E-state index contributed by atoms with van der Waals surface area (Å²) in [7, 11) is -4.37. The van der Waals surface area contributed by atoms with Gasteiger partial charge < -0.3 is 14.7 Å². The van der Waals surface area contributed by atoms with Crippen molar-refractivity contribution in [1.82, 2.24) is 4.90 Å². The van der Waals surface area contributed by atoms with Gasteiger partial charge in [0.05, 0.1) is 26.1 Å². The number of hydrogen-bond acceptors (Lipinski definition) is 5. The molecule has 1 saturated carbocycles. The molecule has 1 saturated heterocycles. The maximum atomic E-state index is 13.5. The molecule has 0 bridgehead atoms. The summed E-state index contributed by atoms with van der Waals surface area (Å²) in [5.74, 6) is -2.52. The summed E-state index contributed by atoms with van der Waals surface area (Å²) in [5, 5.41) is 7.88. The topological polar surface area (TPSA) is 101 Å². The number of carbonyl (C=O) groups excluding carboxylic acids is 1. The molecule has 212 valence electrons. The molecule has 2 aromatic rings. The number of likely N-dealkylation sites (tertiary alicyclic amines) is 1. The SMILES string of the molecule is O=C(O)C1CC(S(=O)(=O)c2ccc(OCC(F)(F)F)cc2Cl)CN1C(=O)C1(c2ccc(C(F)(F)F)cc2)CC1. The van der Waals surface area contributed by atoms with Crippen molar-refractivity contribution in [3.63, 3.8) is 0 Å². The molecule has 39 heavy (non-hydrogen) atoms. The molecule has 2 unspecified atom stereocenters. The standard InChI is InChI=1S/C24H20ClF6NO6S/c25-17-9-15(38-12-23(26,27)28)5-6-19(17)39(36,37)16-10-18(20(33)34)32(11-16)21(35)22(7-8-22)13-1-3-14(4-2-13)24(29,30)31/h1-6,9,16,18H,7-8,10-12H2,(H,33,34). The number of benzene rings is 2. The van der Waals surface area contributed by atoms with Crippen molar-refractivity contribution in [2.45, 2.75) is 53.2 Å². The smallest absolute Gasteiger partial charge is 0.422 e. The average molecular weight is 600 g/mol. The number of carbonyl (C=O) groups is 2. The van der Waals surface area contributed by atoms with Crippen molar-refractivity contribution in [3.8, 4) is 5.75 Å². The van der Waals surface area contributed by atoms with Crippen molar-refractivity contribution in [2.24, 2.45) is 0 Å². The normalized spacial score (nSPS) is 21.1. The van der Waals surface area contributed by atoms with Gasteiger partial charge >= 0.3 is 18.3 Å². The number of carboxylic acids is 1. The summed E-state index contributed by atoms with van der Waals surface area (Å²) in [6.45, 7) is -2.15. The van der Waals surface area contributed by atoms with E-state index in [1.54, 1.807) is 0 Å². The number of nitrogens with zero attached hydrogens (tertiary/aromatic N) is 1. The first kappa shape index (κ1) is 29.0. The van der Waals surface area contributed by atoms with Crippen LogP contribution in [0.5, 0.6) is 5.75 Å². The Kier molecular flexibility index (Phi) is 7.34. The zero-order chi connectivity index (χ0) is 29.0. The molecule has 1 heterocycles. The number of carboxylic acid groups (broad SMARTS) is 1. The molecule has 2 aliphatic rings. The van der Waals surface area contributed by atoms with E-state index in [0.29, 0.717) is 0 Å². The van der Waals surface area contributed by atoms with Gasteiger partial charge in [0.2, 0.25) is 5.91 Å². The number of hydrogen-bond donors (Lipinski definition) is 1. The fourth-order valence-corrected chi connectivity index (χ4v) is 6.86. The Morgan fingerprint density at radius 3 is 2.15 bits per heavy atom. The number of alkyl halides is 6. The second-order valence-electron chi connectivity index (χ2n) is 9.37. The lowest BCUT2D eigenvalue weighted by Crippen LogP contribution is -2.46. The highest BCUT2D eigenvalue weighted by Crippen LogP contribution is 2.51. The Hall–Kier alpha value is -3.00. The third kappa shape index (κ3) is 5.81. The fourth-order valence-electron chi connectivity index (χ4n) is 4.63. The van der Waals surface area contributed by atoms with E-state index in [1.165, 1.54) is 0 Å². The predicted molar refractivity (Wildman–Crippen MR) is 124 cm³/mol. The van der Waals surface area contributed by atoms with Crippen LogP contribution in [-0.4, -0.2) is 60.9 Å². The monoisotopic (exact) mass is 599 g/mol. The second-order valence-corrected chi connectivity index (χ2v) is 12.0. The summed E-state index contributed by atoms with van der Waals surface area (Å²) < 4.78 is 107. The van der Waals surface area contributed by atoms with Crippen LogP contribution in [0.25, 0.3) is 0 Å². The molecule has 4 rings (SSSR count). The molecule has 0 aromatic heterocycles. The van der Waals surface area contributed by atoms with Crippen LogP contribution in [0.2, 0.25) is 5.02 Å². The fraction of sp³-hybridized carbons (Fsp3) is 0.417. The van der Waals surface area contributed by atoms with Gasteiger partial charge in [-0.2, -0.15) is 26.3 Å². The van der Waals surface area contributed by atoms with Crippen molar-refractivity contribution in [1.29, 1.82) is 0 Å². The largest absolute Gasteiger partial charge is 0.484 e. The molecular weight excluding hydrogens is 580 g/mol. The summed E-state index contributed by atoms with van der Waals surface area (Å²) in [5.41, 5.74) is -1.93. The Morgan fingerprint density at radius 2 is 1.67 bits per heavy atom. The van der Waals surface area contributed by atoms with Gasteiger partial charge in [0, 0.05) is 12.6 Å². The highest BCUT2D eigenvalue weighted by Gasteiger charge is 2.57. The van der Waals surface area contributed by atoms with E-state index in [-0.39, 0.29) is 24.2 Å². The van der Waals surface area contributed by atoms with Crippen LogP contribution < -0.4 is 4.74 Å². The van der Waals surface area contributed by atoms with Gasteiger partial charge in [-0.25, -0.2) is 13.2 Å². The molecule has 15 heteroatoms. The van der Waals surface area contributed by atoms with E-state index in [4.69, 9.17) is 11.6 Å². The minimum atomic E-state index is -4.64. The van der Waals surface area contributed by atoms with Crippen LogP contribution in [0.15, 0.2) is 47.4 Å². The van der Waals surface area contributed by atoms with Gasteiger partial charge in [0.15, 0.2) is 16.4 Å². The molecule has 1 aliphatic carbocycles. The summed E-state index contributed by atoms with van der Waals surface area (Å²) in [6, 6.07) is 5.20. The van der Waals surface area contributed by atoms with Crippen LogP contribution in [0.3, 0.4) is 0 Å². The van der Waals surface area contributed by atoms with Crippen LogP contribution in [0.1, 0.15) is 30.4 Å². The molecule has 7 nitrogen and oxygen atoms in total. The molecule has 1 amide bonds. The quantitative estimate of drug-likeness (QED) is 0.456. The lowest BCUT2D eigenvalue weighted by atomic mass is 9.93. The van der Waals surface area contributed by atoms with Crippen LogP contribution in [0.4, 0.5) is 26.3 Å².